The van der Waals surface area contributed by atoms with E-state index in [1.165, 1.54) is 46.0 Å². The topological polar surface area (TPSA) is 70.7 Å². The van der Waals surface area contributed by atoms with Crippen LogP contribution in [0, 0.1) is 21.1 Å². The Morgan fingerprint density at radius 2 is 2.11 bits per heavy atom. The maximum absolute atomic E-state index is 13.0. The molecular weight excluding hydrogens is 427 g/mol. The van der Waals surface area contributed by atoms with Crippen molar-refractivity contribution in [2.45, 2.75) is 4.34 Å². The molecule has 0 fully saturated rings. The molecule has 5 nitrogen and oxygen atoms in total. The standard InChI is InChI=1S/C17H10ClFN4OS3/c18-11-2-1-10(8-20)14(7-11)21-15(24)9-26-16-22-23(17(25)27-16)13-5-3-12(19)4-6-13/h1-7H,9H2,(H,21,24). The average molecular weight is 437 g/mol. The second-order valence-electron chi connectivity index (χ2n) is 5.16. The van der Waals surface area contributed by atoms with Crippen molar-refractivity contribution < 1.29 is 9.18 Å². The van der Waals surface area contributed by atoms with Crippen LogP contribution in [0.15, 0.2) is 46.8 Å². The SMILES string of the molecule is N#Cc1ccc(Cl)cc1NC(=O)CSc1nn(-c2ccc(F)cc2)c(=S)s1. The lowest BCUT2D eigenvalue weighted by Crippen LogP contribution is -2.15. The molecule has 1 aromatic heterocycles. The maximum atomic E-state index is 13.0. The average Bonchev–Trinajstić information content (AvgIpc) is 3.02. The van der Waals surface area contributed by atoms with Gasteiger partial charge in [-0.05, 0) is 54.7 Å². The first kappa shape index (κ1) is 19.5. The number of anilines is 1. The number of hydrogen-bond acceptors (Lipinski definition) is 6. The van der Waals surface area contributed by atoms with Gasteiger partial charge in [0.05, 0.1) is 22.7 Å². The van der Waals surface area contributed by atoms with Crippen molar-refractivity contribution in [3.8, 4) is 11.8 Å². The summed E-state index contributed by atoms with van der Waals surface area (Å²) in [5.74, 6) is -0.555. The Labute approximate surface area is 172 Å². The van der Waals surface area contributed by atoms with Gasteiger partial charge in [0.25, 0.3) is 0 Å². The maximum Gasteiger partial charge on any atom is 0.234 e. The van der Waals surface area contributed by atoms with Crippen LogP contribution >= 0.6 is 46.9 Å². The van der Waals surface area contributed by atoms with Crippen LogP contribution in [0.4, 0.5) is 10.1 Å². The summed E-state index contributed by atoms with van der Waals surface area (Å²) < 4.78 is 15.7. The summed E-state index contributed by atoms with van der Waals surface area (Å²) >= 11 is 13.7. The van der Waals surface area contributed by atoms with Crippen molar-refractivity contribution in [3.05, 3.63) is 62.8 Å². The number of carbonyl (C=O) groups excluding carboxylic acids is 1. The Bertz CT molecular complexity index is 1090. The number of aromatic nitrogens is 2. The number of nitrogens with zero attached hydrogens (tertiary/aromatic N) is 3. The van der Waals surface area contributed by atoms with E-state index in [4.69, 9.17) is 29.1 Å². The normalized spacial score (nSPS) is 10.4. The fourth-order valence-electron chi connectivity index (χ4n) is 2.10. The van der Waals surface area contributed by atoms with Crippen molar-refractivity contribution >= 4 is 58.5 Å². The van der Waals surface area contributed by atoms with E-state index < -0.39 is 0 Å². The monoisotopic (exact) mass is 436 g/mol. The number of carbonyl (C=O) groups is 1. The molecular formula is C17H10ClFN4OS3. The number of halogens is 2. The third kappa shape index (κ3) is 4.93. The zero-order valence-corrected chi connectivity index (χ0v) is 16.7. The van der Waals surface area contributed by atoms with Crippen LogP contribution < -0.4 is 5.32 Å². The summed E-state index contributed by atoms with van der Waals surface area (Å²) in [4.78, 5) is 12.2. The number of rotatable bonds is 5. The Morgan fingerprint density at radius 3 is 2.81 bits per heavy atom. The van der Waals surface area contributed by atoms with Crippen LogP contribution in [0.1, 0.15) is 5.56 Å². The molecule has 1 heterocycles. The fourth-order valence-corrected chi connectivity index (χ4v) is 4.43. The van der Waals surface area contributed by atoms with Gasteiger partial charge in [-0.2, -0.15) is 5.26 Å². The minimum absolute atomic E-state index is 0.0864. The van der Waals surface area contributed by atoms with E-state index in [2.05, 4.69) is 10.4 Å². The fraction of sp³-hybridized carbons (Fsp3) is 0.0588. The number of nitrogens with one attached hydrogen (secondary N) is 1. The van der Waals surface area contributed by atoms with Gasteiger partial charge in [-0.25, -0.2) is 9.07 Å². The molecule has 0 spiro atoms. The Morgan fingerprint density at radius 1 is 1.37 bits per heavy atom. The molecule has 3 aromatic rings. The quantitative estimate of drug-likeness (QED) is 0.447. The molecule has 27 heavy (non-hydrogen) atoms. The lowest BCUT2D eigenvalue weighted by molar-refractivity contribution is -0.113. The largest absolute Gasteiger partial charge is 0.324 e. The predicted molar refractivity (Wildman–Crippen MR) is 108 cm³/mol. The highest BCUT2D eigenvalue weighted by atomic mass is 35.5. The van der Waals surface area contributed by atoms with Gasteiger partial charge in [-0.15, -0.1) is 5.10 Å². The summed E-state index contributed by atoms with van der Waals surface area (Å²) in [6.07, 6.45) is 0. The van der Waals surface area contributed by atoms with Crippen LogP contribution in [-0.2, 0) is 4.79 Å². The van der Waals surface area contributed by atoms with Crippen molar-refractivity contribution in [1.82, 2.24) is 9.78 Å². The lowest BCUT2D eigenvalue weighted by atomic mass is 10.2. The number of nitriles is 1. The van der Waals surface area contributed by atoms with Crippen LogP contribution in [0.3, 0.4) is 0 Å². The molecule has 1 N–H and O–H groups in total. The Balaban J connectivity index is 1.67. The van der Waals surface area contributed by atoms with Gasteiger partial charge < -0.3 is 5.32 Å². The van der Waals surface area contributed by atoms with Crippen LogP contribution in [-0.4, -0.2) is 21.4 Å². The molecule has 0 saturated carbocycles. The first-order valence-electron chi connectivity index (χ1n) is 7.44. The molecule has 0 unspecified atom stereocenters. The Kier molecular flexibility index (Phi) is 6.23. The molecule has 136 valence electrons. The molecule has 1 amide bonds. The first-order valence-corrected chi connectivity index (χ1v) is 10.0. The zero-order chi connectivity index (χ0) is 19.4. The molecule has 0 radical (unpaired) electrons. The summed E-state index contributed by atoms with van der Waals surface area (Å²) in [6.45, 7) is 0. The third-order valence-corrected chi connectivity index (χ3v) is 5.90. The predicted octanol–water partition coefficient (Wildman–Crippen LogP) is 5.06. The zero-order valence-electron chi connectivity index (χ0n) is 13.5. The second kappa shape index (κ2) is 8.63. The summed E-state index contributed by atoms with van der Waals surface area (Å²) in [7, 11) is 0. The number of amides is 1. The van der Waals surface area contributed by atoms with Crippen molar-refractivity contribution in [2.24, 2.45) is 0 Å². The molecule has 0 aliphatic carbocycles. The van der Waals surface area contributed by atoms with Crippen LogP contribution in [0.2, 0.25) is 5.02 Å². The van der Waals surface area contributed by atoms with Crippen LogP contribution in [0.25, 0.3) is 5.69 Å². The smallest absolute Gasteiger partial charge is 0.234 e. The van der Waals surface area contributed by atoms with Gasteiger partial charge >= 0.3 is 0 Å². The highest BCUT2D eigenvalue weighted by molar-refractivity contribution is 8.01. The molecule has 0 bridgehead atoms. The van der Waals surface area contributed by atoms with E-state index in [-0.39, 0.29) is 17.5 Å². The van der Waals surface area contributed by atoms with E-state index in [1.54, 1.807) is 24.3 Å². The number of thioether (sulfide) groups is 1. The molecule has 10 heteroatoms. The van der Waals surface area contributed by atoms with Gasteiger partial charge in [0, 0.05) is 5.02 Å². The summed E-state index contributed by atoms with van der Waals surface area (Å²) in [6, 6.07) is 12.5. The molecule has 0 aliphatic heterocycles. The van der Waals surface area contributed by atoms with Gasteiger partial charge in [-0.3, -0.25) is 4.79 Å². The minimum Gasteiger partial charge on any atom is -0.324 e. The van der Waals surface area contributed by atoms with Crippen LogP contribution in [0.5, 0.6) is 0 Å². The molecule has 0 saturated heterocycles. The number of benzene rings is 2. The minimum atomic E-state index is -0.343. The molecule has 2 aromatic carbocycles. The van der Waals surface area contributed by atoms with Crippen molar-refractivity contribution in [1.29, 1.82) is 5.26 Å². The van der Waals surface area contributed by atoms with Crippen molar-refractivity contribution in [2.75, 3.05) is 11.1 Å². The molecule has 0 aliphatic rings. The highest BCUT2D eigenvalue weighted by Gasteiger charge is 2.11. The molecule has 3 rings (SSSR count). The summed E-state index contributed by atoms with van der Waals surface area (Å²) in [5.41, 5.74) is 1.33. The van der Waals surface area contributed by atoms with Gasteiger partial charge in [0.15, 0.2) is 8.29 Å². The van der Waals surface area contributed by atoms with Gasteiger partial charge in [-0.1, -0.05) is 34.7 Å². The second-order valence-corrected chi connectivity index (χ2v) is 8.44. The summed E-state index contributed by atoms with van der Waals surface area (Å²) in [5, 5.41) is 16.5. The number of hydrogen-bond donors (Lipinski definition) is 1. The first-order chi connectivity index (χ1) is 13.0. The van der Waals surface area contributed by atoms with Crippen molar-refractivity contribution in [3.63, 3.8) is 0 Å². The van der Waals surface area contributed by atoms with E-state index in [0.717, 1.165) is 0 Å². The third-order valence-electron chi connectivity index (χ3n) is 3.30. The lowest BCUT2D eigenvalue weighted by Gasteiger charge is -2.06. The Hall–Kier alpha value is -2.25. The van der Waals surface area contributed by atoms with Gasteiger partial charge in [0.2, 0.25) is 5.91 Å². The van der Waals surface area contributed by atoms with E-state index >= 15 is 0 Å². The van der Waals surface area contributed by atoms with Gasteiger partial charge in [0.1, 0.15) is 11.9 Å². The highest BCUT2D eigenvalue weighted by Crippen LogP contribution is 2.25. The molecule has 0 atom stereocenters. The van der Waals surface area contributed by atoms with E-state index in [9.17, 15) is 9.18 Å². The van der Waals surface area contributed by atoms with E-state index in [0.29, 0.717) is 30.3 Å². The van der Waals surface area contributed by atoms with E-state index in [1.807, 2.05) is 6.07 Å².